The number of nitrogens with zero attached hydrogens (tertiary/aromatic N) is 2. The third-order valence-electron chi connectivity index (χ3n) is 3.35. The van der Waals surface area contributed by atoms with Crippen LogP contribution in [-0.4, -0.2) is 36.4 Å². The quantitative estimate of drug-likeness (QED) is 0.871. The van der Waals surface area contributed by atoms with E-state index in [0.717, 1.165) is 6.20 Å². The maximum Gasteiger partial charge on any atom is 0.181 e. The summed E-state index contributed by atoms with van der Waals surface area (Å²) in [4.78, 5) is 7.66. The standard InChI is InChI=1S/C12H15F3N4O/c1-11(7-2-9(16)18-3-8(7)15)6-20-12(4-13,5-14)10(17)19-11/h2-3H,4-6H2,1H3,(H2,16,18)(H2,17,19)/t11-/m0/s1. The second-order valence-corrected chi connectivity index (χ2v) is 4.91. The van der Waals surface area contributed by atoms with E-state index in [1.54, 1.807) is 0 Å². The second kappa shape index (κ2) is 4.93. The molecular formula is C12H15F3N4O. The summed E-state index contributed by atoms with van der Waals surface area (Å²) >= 11 is 0. The van der Waals surface area contributed by atoms with Crippen LogP contribution in [0, 0.1) is 5.82 Å². The highest BCUT2D eigenvalue weighted by atomic mass is 19.1. The van der Waals surface area contributed by atoms with Crippen LogP contribution in [0.1, 0.15) is 12.5 Å². The number of aliphatic imine (C=N–C) groups is 1. The number of anilines is 1. The van der Waals surface area contributed by atoms with Crippen molar-refractivity contribution in [3.05, 3.63) is 23.6 Å². The van der Waals surface area contributed by atoms with Crippen LogP contribution in [0.2, 0.25) is 0 Å². The Bertz CT molecular complexity index is 548. The Morgan fingerprint density at radius 3 is 2.55 bits per heavy atom. The van der Waals surface area contributed by atoms with Crippen LogP contribution >= 0.6 is 0 Å². The van der Waals surface area contributed by atoms with Gasteiger partial charge in [0.2, 0.25) is 0 Å². The highest BCUT2D eigenvalue weighted by Gasteiger charge is 2.45. The van der Waals surface area contributed by atoms with Gasteiger partial charge in [-0.2, -0.15) is 0 Å². The Hall–Kier alpha value is -1.83. The number of hydrogen-bond donors (Lipinski definition) is 2. The van der Waals surface area contributed by atoms with Crippen molar-refractivity contribution in [2.45, 2.75) is 18.1 Å². The van der Waals surface area contributed by atoms with E-state index < -0.39 is 30.3 Å². The molecule has 0 amide bonds. The Labute approximate surface area is 113 Å². The van der Waals surface area contributed by atoms with Crippen LogP contribution in [-0.2, 0) is 10.3 Å². The summed E-state index contributed by atoms with van der Waals surface area (Å²) in [5, 5.41) is 0. The maximum absolute atomic E-state index is 13.9. The van der Waals surface area contributed by atoms with E-state index in [4.69, 9.17) is 16.2 Å². The van der Waals surface area contributed by atoms with E-state index in [2.05, 4.69) is 9.98 Å². The summed E-state index contributed by atoms with van der Waals surface area (Å²) in [7, 11) is 0. The SMILES string of the molecule is C[C@@]1(c2cc(N)ncc2F)COC(CF)(CF)C(N)=N1. The lowest BCUT2D eigenvalue weighted by molar-refractivity contribution is -0.0575. The van der Waals surface area contributed by atoms with Crippen molar-refractivity contribution in [1.29, 1.82) is 0 Å². The van der Waals surface area contributed by atoms with Crippen LogP contribution in [0.15, 0.2) is 17.3 Å². The zero-order chi connectivity index (χ0) is 15.0. The van der Waals surface area contributed by atoms with Gasteiger partial charge in [0, 0.05) is 5.56 Å². The number of nitrogens with two attached hydrogens (primary N) is 2. The van der Waals surface area contributed by atoms with E-state index in [1.807, 2.05) is 0 Å². The maximum atomic E-state index is 13.9. The van der Waals surface area contributed by atoms with Gasteiger partial charge in [0.25, 0.3) is 0 Å². The molecule has 0 saturated carbocycles. The molecule has 2 heterocycles. The average molecular weight is 288 g/mol. The van der Waals surface area contributed by atoms with Crippen LogP contribution < -0.4 is 11.5 Å². The van der Waals surface area contributed by atoms with Crippen LogP contribution in [0.4, 0.5) is 19.0 Å². The first kappa shape index (κ1) is 14.6. The minimum Gasteiger partial charge on any atom is -0.385 e. The van der Waals surface area contributed by atoms with Gasteiger partial charge in [-0.15, -0.1) is 0 Å². The van der Waals surface area contributed by atoms with Gasteiger partial charge in [0.1, 0.15) is 36.4 Å². The smallest absolute Gasteiger partial charge is 0.181 e. The van der Waals surface area contributed by atoms with Gasteiger partial charge >= 0.3 is 0 Å². The largest absolute Gasteiger partial charge is 0.385 e. The van der Waals surface area contributed by atoms with E-state index in [-0.39, 0.29) is 23.8 Å². The zero-order valence-corrected chi connectivity index (χ0v) is 10.9. The third-order valence-corrected chi connectivity index (χ3v) is 3.35. The topological polar surface area (TPSA) is 86.5 Å². The zero-order valence-electron chi connectivity index (χ0n) is 10.9. The summed E-state index contributed by atoms with van der Waals surface area (Å²) in [6.07, 6.45) is 0.952. The molecule has 4 N–H and O–H groups in total. The van der Waals surface area contributed by atoms with Crippen LogP contribution in [0.25, 0.3) is 0 Å². The Balaban J connectivity index is 2.48. The van der Waals surface area contributed by atoms with E-state index in [9.17, 15) is 13.2 Å². The number of pyridine rings is 1. The molecule has 1 aliphatic heterocycles. The normalized spacial score (nSPS) is 25.3. The fourth-order valence-corrected chi connectivity index (χ4v) is 2.01. The Morgan fingerprint density at radius 2 is 2.00 bits per heavy atom. The van der Waals surface area contributed by atoms with Crippen molar-refractivity contribution in [1.82, 2.24) is 4.98 Å². The van der Waals surface area contributed by atoms with Crippen LogP contribution in [0.5, 0.6) is 0 Å². The third kappa shape index (κ3) is 2.20. The first-order valence-electron chi connectivity index (χ1n) is 5.90. The molecular weight excluding hydrogens is 273 g/mol. The summed E-state index contributed by atoms with van der Waals surface area (Å²) in [5.74, 6) is -0.884. The van der Waals surface area contributed by atoms with Gasteiger partial charge in [-0.25, -0.2) is 18.2 Å². The van der Waals surface area contributed by atoms with Crippen molar-refractivity contribution in [3.63, 3.8) is 0 Å². The highest BCUT2D eigenvalue weighted by molar-refractivity contribution is 5.90. The van der Waals surface area contributed by atoms with Gasteiger partial charge in [-0.05, 0) is 13.0 Å². The molecule has 0 saturated heterocycles. The fraction of sp³-hybridized carbons (Fsp3) is 0.500. The molecule has 0 aromatic carbocycles. The molecule has 1 aromatic rings. The van der Waals surface area contributed by atoms with Gasteiger partial charge in [0.05, 0.1) is 12.8 Å². The van der Waals surface area contributed by atoms with Crippen molar-refractivity contribution in [2.24, 2.45) is 10.7 Å². The minimum atomic E-state index is -1.88. The molecule has 0 aliphatic carbocycles. The van der Waals surface area contributed by atoms with Gasteiger partial charge < -0.3 is 16.2 Å². The van der Waals surface area contributed by atoms with Crippen molar-refractivity contribution in [2.75, 3.05) is 25.7 Å². The molecule has 0 fully saturated rings. The molecule has 5 nitrogen and oxygen atoms in total. The van der Waals surface area contributed by atoms with Crippen molar-refractivity contribution in [3.8, 4) is 0 Å². The number of amidine groups is 1. The number of alkyl halides is 2. The number of nitrogen functional groups attached to an aromatic ring is 1. The fourth-order valence-electron chi connectivity index (χ4n) is 2.01. The molecule has 8 heteroatoms. The summed E-state index contributed by atoms with van der Waals surface area (Å²) in [6.45, 7) is -0.966. The average Bonchev–Trinajstić information content (AvgIpc) is 2.42. The number of hydrogen-bond acceptors (Lipinski definition) is 5. The van der Waals surface area contributed by atoms with E-state index in [0.29, 0.717) is 0 Å². The molecule has 0 bridgehead atoms. The molecule has 1 aliphatic rings. The molecule has 1 atom stereocenters. The predicted octanol–water partition coefficient (Wildman–Crippen LogP) is 1.08. The molecule has 0 radical (unpaired) electrons. The molecule has 0 unspecified atom stereocenters. The van der Waals surface area contributed by atoms with Crippen LogP contribution in [0.3, 0.4) is 0 Å². The summed E-state index contributed by atoms with van der Waals surface area (Å²) in [5.41, 5.74) is 8.15. The van der Waals surface area contributed by atoms with E-state index >= 15 is 0 Å². The van der Waals surface area contributed by atoms with Crippen molar-refractivity contribution >= 4 is 11.7 Å². The summed E-state index contributed by atoms with van der Waals surface area (Å²) in [6, 6.07) is 1.30. The second-order valence-electron chi connectivity index (χ2n) is 4.91. The van der Waals surface area contributed by atoms with Gasteiger partial charge in [0.15, 0.2) is 5.60 Å². The Kier molecular flexibility index (Phi) is 3.59. The molecule has 0 spiro atoms. The van der Waals surface area contributed by atoms with Gasteiger partial charge in [-0.3, -0.25) is 4.99 Å². The first-order chi connectivity index (χ1) is 9.37. The number of rotatable bonds is 3. The monoisotopic (exact) mass is 288 g/mol. The lowest BCUT2D eigenvalue weighted by Crippen LogP contribution is -2.56. The Morgan fingerprint density at radius 1 is 1.35 bits per heavy atom. The lowest BCUT2D eigenvalue weighted by Gasteiger charge is -2.39. The molecule has 1 aromatic heterocycles. The minimum absolute atomic E-state index is 0.101. The lowest BCUT2D eigenvalue weighted by atomic mass is 9.90. The molecule has 20 heavy (non-hydrogen) atoms. The highest BCUT2D eigenvalue weighted by Crippen LogP contribution is 2.35. The summed E-state index contributed by atoms with van der Waals surface area (Å²) < 4.78 is 45.0. The van der Waals surface area contributed by atoms with Crippen molar-refractivity contribution < 1.29 is 17.9 Å². The number of halogens is 3. The first-order valence-corrected chi connectivity index (χ1v) is 5.90. The van der Waals surface area contributed by atoms with Gasteiger partial charge in [-0.1, -0.05) is 0 Å². The number of aromatic nitrogens is 1. The predicted molar refractivity (Wildman–Crippen MR) is 68.2 cm³/mol. The number of ether oxygens (including phenoxy) is 1. The molecule has 110 valence electrons. The van der Waals surface area contributed by atoms with E-state index in [1.165, 1.54) is 13.0 Å². The molecule has 2 rings (SSSR count).